The van der Waals surface area contributed by atoms with E-state index in [1.54, 1.807) is 24.0 Å². The molecule has 2 rings (SSSR count). The highest BCUT2D eigenvalue weighted by molar-refractivity contribution is 5.85. The zero-order chi connectivity index (χ0) is 13.8. The van der Waals surface area contributed by atoms with E-state index in [0.29, 0.717) is 0 Å². The first-order chi connectivity index (χ1) is 9.09. The summed E-state index contributed by atoms with van der Waals surface area (Å²) in [5.41, 5.74) is 0.271. The first-order valence-corrected chi connectivity index (χ1v) is 6.24. The van der Waals surface area contributed by atoms with E-state index in [1.807, 2.05) is 0 Å². The van der Waals surface area contributed by atoms with Crippen molar-refractivity contribution in [3.63, 3.8) is 0 Å². The van der Waals surface area contributed by atoms with E-state index >= 15 is 0 Å². The molecule has 0 radical (unpaired) electrons. The third-order valence-corrected chi connectivity index (χ3v) is 3.12. The molecule has 7 nitrogen and oxygen atoms in total. The molecule has 1 aromatic heterocycles. The van der Waals surface area contributed by atoms with E-state index in [1.165, 1.54) is 6.20 Å². The molecule has 1 unspecified atom stereocenters. The molecule has 7 heteroatoms. The molecule has 1 saturated heterocycles. The van der Waals surface area contributed by atoms with Crippen LogP contribution in [0.5, 0.6) is 0 Å². The molecule has 1 N–H and O–H groups in total. The zero-order valence-corrected chi connectivity index (χ0v) is 10.7. The van der Waals surface area contributed by atoms with Gasteiger partial charge in [0.25, 0.3) is 0 Å². The maximum absolute atomic E-state index is 12.1. The molecule has 0 aliphatic carbocycles. The van der Waals surface area contributed by atoms with Crippen LogP contribution in [0.15, 0.2) is 18.3 Å². The van der Waals surface area contributed by atoms with E-state index in [4.69, 9.17) is 0 Å². The van der Waals surface area contributed by atoms with Crippen molar-refractivity contribution in [1.29, 1.82) is 0 Å². The second kappa shape index (κ2) is 5.64. The number of aromatic nitrogens is 1. The number of hydrogen-bond donors (Lipinski definition) is 1. The van der Waals surface area contributed by atoms with Crippen molar-refractivity contribution in [3.8, 4) is 0 Å². The molecule has 102 valence electrons. The molecule has 1 fully saturated rings. The summed E-state index contributed by atoms with van der Waals surface area (Å²) in [6.07, 6.45) is 3.40. The molecule has 1 atom stereocenters. The van der Waals surface area contributed by atoms with Crippen molar-refractivity contribution in [1.82, 2.24) is 9.88 Å². The van der Waals surface area contributed by atoms with Crippen molar-refractivity contribution in [2.24, 2.45) is 0 Å². The predicted octanol–water partition coefficient (Wildman–Crippen LogP) is 1.41. The molecular formula is C12H16N4O3. The normalized spacial score (nSPS) is 16.2. The van der Waals surface area contributed by atoms with Gasteiger partial charge < -0.3 is 20.3 Å². The van der Waals surface area contributed by atoms with Crippen LogP contribution in [0, 0.1) is 10.1 Å². The number of nitro groups is 1. The van der Waals surface area contributed by atoms with E-state index in [2.05, 4.69) is 10.3 Å². The second-order valence-corrected chi connectivity index (χ2v) is 4.53. The van der Waals surface area contributed by atoms with Gasteiger partial charge in [-0.25, -0.2) is 0 Å². The van der Waals surface area contributed by atoms with Crippen LogP contribution >= 0.6 is 0 Å². The maximum atomic E-state index is 12.1. The first kappa shape index (κ1) is 13.3. The Morgan fingerprint density at radius 3 is 2.84 bits per heavy atom. The largest absolute Gasteiger partial charge is 0.386 e. The van der Waals surface area contributed by atoms with Crippen LogP contribution in [0.4, 0.5) is 11.5 Å². The minimum Gasteiger partial charge on any atom is -0.367 e. The molecular weight excluding hydrogens is 248 g/mol. The van der Waals surface area contributed by atoms with Gasteiger partial charge in [-0.2, -0.15) is 0 Å². The molecule has 1 aliphatic heterocycles. The van der Waals surface area contributed by atoms with E-state index in [9.17, 15) is 14.9 Å². The van der Waals surface area contributed by atoms with Crippen molar-refractivity contribution in [2.45, 2.75) is 25.8 Å². The summed E-state index contributed by atoms with van der Waals surface area (Å²) in [5, 5.41) is 13.7. The average Bonchev–Trinajstić information content (AvgIpc) is 2.92. The third-order valence-electron chi connectivity index (χ3n) is 3.12. The van der Waals surface area contributed by atoms with Gasteiger partial charge in [-0.05, 0) is 41.8 Å². The van der Waals surface area contributed by atoms with Crippen molar-refractivity contribution < 1.29 is 9.72 Å². The van der Waals surface area contributed by atoms with Gasteiger partial charge in [-0.15, -0.1) is 0 Å². The van der Waals surface area contributed by atoms with Gasteiger partial charge in [-0.1, -0.05) is 0 Å². The maximum Gasteiger partial charge on any atom is 0.386 e. The zero-order valence-electron chi connectivity index (χ0n) is 10.7. The first-order valence-electron chi connectivity index (χ1n) is 6.24. The van der Waals surface area contributed by atoms with Gasteiger partial charge in [-0.3, -0.25) is 4.79 Å². The number of pyridine rings is 1. The monoisotopic (exact) mass is 264 g/mol. The SMILES string of the molecule is CC(Nc1cccnc1[N+](=O)[O-])C(=O)N1CCCC1. The fourth-order valence-corrected chi connectivity index (χ4v) is 2.16. The van der Waals surface area contributed by atoms with Crippen LogP contribution < -0.4 is 5.32 Å². The Morgan fingerprint density at radius 1 is 1.53 bits per heavy atom. The van der Waals surface area contributed by atoms with E-state index in [-0.39, 0.29) is 17.4 Å². The second-order valence-electron chi connectivity index (χ2n) is 4.53. The Labute approximate surface area is 110 Å². The minimum absolute atomic E-state index is 0.0318. The highest BCUT2D eigenvalue weighted by Gasteiger charge is 2.25. The number of likely N-dealkylation sites (tertiary alicyclic amines) is 1. The van der Waals surface area contributed by atoms with Crippen molar-refractivity contribution >= 4 is 17.4 Å². The topological polar surface area (TPSA) is 88.4 Å². The smallest absolute Gasteiger partial charge is 0.367 e. The van der Waals surface area contributed by atoms with E-state index < -0.39 is 11.0 Å². The summed E-state index contributed by atoms with van der Waals surface area (Å²) in [5.74, 6) is -0.292. The highest BCUT2D eigenvalue weighted by Crippen LogP contribution is 2.21. The Balaban J connectivity index is 2.08. The van der Waals surface area contributed by atoms with Crippen molar-refractivity contribution in [2.75, 3.05) is 18.4 Å². The summed E-state index contributed by atoms with van der Waals surface area (Å²) in [7, 11) is 0. The quantitative estimate of drug-likeness (QED) is 0.656. The number of carbonyl (C=O) groups excluding carboxylic acids is 1. The highest BCUT2D eigenvalue weighted by atomic mass is 16.6. The molecule has 0 saturated carbocycles. The van der Waals surface area contributed by atoms with Crippen LogP contribution in [0.2, 0.25) is 0 Å². The van der Waals surface area contributed by atoms with Gasteiger partial charge in [0.1, 0.15) is 17.9 Å². The fourth-order valence-electron chi connectivity index (χ4n) is 2.16. The number of anilines is 1. The summed E-state index contributed by atoms with van der Waals surface area (Å²) in [6, 6.07) is 2.65. The molecule has 1 aliphatic rings. The van der Waals surface area contributed by atoms with E-state index in [0.717, 1.165) is 25.9 Å². The van der Waals surface area contributed by atoms with Crippen LogP contribution in [-0.2, 0) is 4.79 Å². The number of nitrogens with zero attached hydrogens (tertiary/aromatic N) is 3. The molecule has 1 aromatic rings. The third kappa shape index (κ3) is 2.98. The minimum atomic E-state index is -0.560. The lowest BCUT2D eigenvalue weighted by atomic mass is 10.2. The number of rotatable bonds is 4. The summed E-state index contributed by atoms with van der Waals surface area (Å²) in [6.45, 7) is 3.23. The van der Waals surface area contributed by atoms with Crippen molar-refractivity contribution in [3.05, 3.63) is 28.4 Å². The van der Waals surface area contributed by atoms with Gasteiger partial charge in [0.15, 0.2) is 0 Å². The lowest BCUT2D eigenvalue weighted by molar-refractivity contribution is -0.388. The number of hydrogen-bond acceptors (Lipinski definition) is 5. The van der Waals surface area contributed by atoms with Crippen LogP contribution in [0.3, 0.4) is 0 Å². The number of carbonyl (C=O) groups is 1. The van der Waals surface area contributed by atoms with Gasteiger partial charge >= 0.3 is 5.82 Å². The van der Waals surface area contributed by atoms with Gasteiger partial charge in [0.2, 0.25) is 5.91 Å². The molecule has 19 heavy (non-hydrogen) atoms. The van der Waals surface area contributed by atoms with Gasteiger partial charge in [0, 0.05) is 13.1 Å². The summed E-state index contributed by atoms with van der Waals surface area (Å²) < 4.78 is 0. The Hall–Kier alpha value is -2.18. The fraction of sp³-hybridized carbons (Fsp3) is 0.500. The summed E-state index contributed by atoms with van der Waals surface area (Å²) >= 11 is 0. The van der Waals surface area contributed by atoms with Gasteiger partial charge in [0.05, 0.1) is 0 Å². The average molecular weight is 264 g/mol. The molecule has 0 aromatic carbocycles. The number of nitrogens with one attached hydrogen (secondary N) is 1. The Bertz CT molecular complexity index is 486. The standard InChI is InChI=1S/C12H16N4O3/c1-9(12(17)15-7-2-3-8-15)14-10-5-4-6-13-11(10)16(18)19/h4-6,9,14H,2-3,7-8H2,1H3. The van der Waals surface area contributed by atoms with Crippen LogP contribution in [0.25, 0.3) is 0 Å². The molecule has 0 bridgehead atoms. The lowest BCUT2D eigenvalue weighted by Gasteiger charge is -2.21. The Morgan fingerprint density at radius 2 is 2.21 bits per heavy atom. The predicted molar refractivity (Wildman–Crippen MR) is 69.8 cm³/mol. The molecule has 1 amide bonds. The Kier molecular flexibility index (Phi) is 3.94. The molecule has 2 heterocycles. The van der Waals surface area contributed by atoms with Crippen LogP contribution in [-0.4, -0.2) is 39.8 Å². The lowest BCUT2D eigenvalue weighted by Crippen LogP contribution is -2.39. The van der Waals surface area contributed by atoms with Crippen LogP contribution in [0.1, 0.15) is 19.8 Å². The molecule has 0 spiro atoms. The number of amides is 1. The summed E-state index contributed by atoms with van der Waals surface area (Å²) in [4.78, 5) is 27.9.